The van der Waals surface area contributed by atoms with E-state index < -0.39 is 20.3 Å². The van der Waals surface area contributed by atoms with Gasteiger partial charge in [-0.2, -0.15) is 0 Å². The lowest BCUT2D eigenvalue weighted by molar-refractivity contribution is 0.266. The summed E-state index contributed by atoms with van der Waals surface area (Å²) in [5.41, 5.74) is 2.39. The van der Waals surface area contributed by atoms with E-state index in [1.54, 1.807) is 50.0 Å². The molecule has 12 heteroatoms. The topological polar surface area (TPSA) is 90.6 Å². The maximum Gasteiger partial charge on any atom is 0.180 e. The zero-order chi connectivity index (χ0) is 26.8. The molecule has 1 aliphatic rings. The first-order valence-electron chi connectivity index (χ1n) is 12.1. The van der Waals surface area contributed by atoms with Crippen molar-refractivity contribution in [2.24, 2.45) is 7.05 Å². The Balaban J connectivity index is 1.66. The van der Waals surface area contributed by atoms with Crippen LogP contribution < -0.4 is 0 Å². The van der Waals surface area contributed by atoms with Crippen molar-refractivity contribution in [1.29, 1.82) is 0 Å². The number of fused-ring (bicyclic) bond motifs is 1. The Morgan fingerprint density at radius 3 is 2.54 bits per heavy atom. The van der Waals surface area contributed by atoms with Gasteiger partial charge >= 0.3 is 0 Å². The molecule has 4 heterocycles. The summed E-state index contributed by atoms with van der Waals surface area (Å²) in [4.78, 5) is 17.5. The first-order valence-corrected chi connectivity index (χ1v) is 14.9. The zero-order valence-corrected chi connectivity index (χ0v) is 24.4. The van der Waals surface area contributed by atoms with Crippen molar-refractivity contribution in [3.8, 4) is 22.8 Å². The third-order valence-electron chi connectivity index (χ3n) is 7.17. The average Bonchev–Trinajstić information content (AvgIpc) is 3.67. The molecule has 192 valence electrons. The molecule has 0 aromatic carbocycles. The summed E-state index contributed by atoms with van der Waals surface area (Å²) in [7, 11) is 4.61. The van der Waals surface area contributed by atoms with E-state index in [0.29, 0.717) is 39.7 Å². The van der Waals surface area contributed by atoms with Crippen LogP contribution in [0.2, 0.25) is 0 Å². The molecule has 37 heavy (non-hydrogen) atoms. The summed E-state index contributed by atoms with van der Waals surface area (Å²) >= 11 is 0. The van der Waals surface area contributed by atoms with Crippen LogP contribution in [0.3, 0.4) is 0 Å². The smallest absolute Gasteiger partial charge is 0.180 e. The second-order valence-corrected chi connectivity index (χ2v) is 15.4. The van der Waals surface area contributed by atoms with Crippen molar-refractivity contribution in [1.82, 2.24) is 24.5 Å². The van der Waals surface area contributed by atoms with Gasteiger partial charge in [-0.3, -0.25) is 9.97 Å². The second kappa shape index (κ2) is 9.18. The molecule has 0 N–H and O–H groups in total. The third-order valence-corrected chi connectivity index (χ3v) is 10.00. The van der Waals surface area contributed by atoms with Gasteiger partial charge in [0.1, 0.15) is 16.8 Å². The number of pyridine rings is 3. The predicted molar refractivity (Wildman–Crippen MR) is 154 cm³/mol. The molecule has 3 unspecified atom stereocenters. The maximum absolute atomic E-state index is 15.6. The van der Waals surface area contributed by atoms with Crippen molar-refractivity contribution in [3.63, 3.8) is 0 Å². The average molecular weight is 555 g/mol. The van der Waals surface area contributed by atoms with Gasteiger partial charge in [-0.15, -0.1) is 18.5 Å². The molecule has 0 radical (unpaired) electrons. The van der Waals surface area contributed by atoms with Crippen LogP contribution in [0.1, 0.15) is 43.7 Å². The Bertz CT molecular complexity index is 1630. The number of sulfone groups is 1. The number of rotatable bonds is 7. The van der Waals surface area contributed by atoms with Gasteiger partial charge in [0.25, 0.3) is 0 Å². The van der Waals surface area contributed by atoms with Crippen molar-refractivity contribution in [2.45, 2.75) is 48.0 Å². The predicted octanol–water partition coefficient (Wildman–Crippen LogP) is 3.99. The van der Waals surface area contributed by atoms with E-state index >= 15 is 4.39 Å². The van der Waals surface area contributed by atoms with Crippen molar-refractivity contribution in [2.75, 3.05) is 5.75 Å². The Kier molecular flexibility index (Phi) is 6.53. The number of hydrogen-bond acceptors (Lipinski definition) is 6. The van der Waals surface area contributed by atoms with Crippen LogP contribution in [0.5, 0.6) is 0 Å². The highest BCUT2D eigenvalue weighted by molar-refractivity contribution is 7.91. The quantitative estimate of drug-likeness (QED) is 0.253. The molecule has 0 amide bonds. The Labute approximate surface area is 221 Å². The fourth-order valence-corrected chi connectivity index (χ4v) is 5.67. The minimum Gasteiger partial charge on any atom is -0.310 e. The van der Waals surface area contributed by atoms with Crippen LogP contribution >= 0.6 is 18.5 Å². The first kappa shape index (κ1) is 26.3. The Hall–Kier alpha value is -2.28. The third kappa shape index (κ3) is 4.73. The van der Waals surface area contributed by atoms with E-state index in [9.17, 15) is 8.42 Å². The summed E-state index contributed by atoms with van der Waals surface area (Å²) in [5.74, 6) is 0.804. The van der Waals surface area contributed by atoms with Gasteiger partial charge in [0.15, 0.2) is 29.2 Å². The van der Waals surface area contributed by atoms with Gasteiger partial charge in [0, 0.05) is 41.7 Å². The molecule has 4 aromatic heterocycles. The molecular weight excluding hydrogens is 526 g/mol. The number of halogens is 1. The van der Waals surface area contributed by atoms with E-state index in [4.69, 9.17) is 0 Å². The molecule has 1 fully saturated rings. The van der Waals surface area contributed by atoms with E-state index in [1.165, 1.54) is 19.6 Å². The molecule has 0 aliphatic heterocycles. The highest BCUT2D eigenvalue weighted by atomic mass is 32.2. The van der Waals surface area contributed by atoms with Gasteiger partial charge in [-0.05, 0) is 48.6 Å². The van der Waals surface area contributed by atoms with Gasteiger partial charge < -0.3 is 4.57 Å². The molecule has 0 saturated heterocycles. The number of aromatic nitrogens is 5. The normalized spacial score (nSPS) is 16.2. The Morgan fingerprint density at radius 2 is 1.89 bits per heavy atom. The van der Waals surface area contributed by atoms with Gasteiger partial charge in [0.05, 0.1) is 16.3 Å². The number of hydrogen-bond donors (Lipinski definition) is 0. The molecule has 1 aliphatic carbocycles. The van der Waals surface area contributed by atoms with E-state index in [2.05, 4.69) is 38.4 Å². The lowest BCUT2D eigenvalue weighted by atomic mass is 9.75. The standard InChI is InChI=1S/C25H29BFN5O2P2S/c1-4-37(33,34)20-10-16(18-9-15(7-8-28-18)14-5-6-14)12-29-21(20)23-31-19-11-17(13-30-22(19)32(23)3)25(26,27)24(2,35)36/h7-14H,4-6,26,35-36H2,1-3H3. The molecular formula is C25H29BFN5O2P2S. The van der Waals surface area contributed by atoms with Gasteiger partial charge in [-0.25, -0.2) is 22.8 Å². The van der Waals surface area contributed by atoms with Crippen molar-refractivity contribution < 1.29 is 12.8 Å². The van der Waals surface area contributed by atoms with Crippen LogP contribution in [0, 0.1) is 0 Å². The molecule has 5 rings (SSSR count). The van der Waals surface area contributed by atoms with Crippen molar-refractivity contribution >= 4 is 47.3 Å². The molecule has 4 aromatic rings. The summed E-state index contributed by atoms with van der Waals surface area (Å²) in [6.07, 6.45) is 7.21. The summed E-state index contributed by atoms with van der Waals surface area (Å²) in [6.45, 7) is 3.37. The van der Waals surface area contributed by atoms with Gasteiger partial charge in [0.2, 0.25) is 0 Å². The SMILES string of the molecule is BC(F)(c1cnc2c(c1)nc(-c1ncc(-c3cc(C4CC4)ccn3)cc1S(=O)(=O)CC)n2C)C(C)(P)P. The van der Waals surface area contributed by atoms with Crippen LogP contribution in [-0.2, 0) is 22.5 Å². The molecule has 0 bridgehead atoms. The summed E-state index contributed by atoms with van der Waals surface area (Å²) in [6, 6.07) is 7.31. The second-order valence-electron chi connectivity index (χ2n) is 10.1. The van der Waals surface area contributed by atoms with Crippen LogP contribution in [0.25, 0.3) is 33.9 Å². The highest BCUT2D eigenvalue weighted by Gasteiger charge is 2.40. The largest absolute Gasteiger partial charge is 0.310 e. The van der Waals surface area contributed by atoms with E-state index in [-0.39, 0.29) is 16.3 Å². The Morgan fingerprint density at radius 1 is 1.16 bits per heavy atom. The van der Waals surface area contributed by atoms with Crippen LogP contribution in [-0.4, -0.2) is 51.4 Å². The minimum atomic E-state index is -3.66. The fraction of sp³-hybridized carbons (Fsp3) is 0.360. The van der Waals surface area contributed by atoms with Crippen LogP contribution in [0.4, 0.5) is 4.39 Å². The molecule has 3 atom stereocenters. The first-order chi connectivity index (χ1) is 17.3. The molecule has 7 nitrogen and oxygen atoms in total. The monoisotopic (exact) mass is 555 g/mol. The van der Waals surface area contributed by atoms with E-state index in [1.807, 2.05) is 12.1 Å². The number of aryl methyl sites for hydroxylation is 1. The molecule has 1 saturated carbocycles. The summed E-state index contributed by atoms with van der Waals surface area (Å²) < 4.78 is 43.8. The fourth-order valence-electron chi connectivity index (χ4n) is 4.28. The lowest BCUT2D eigenvalue weighted by Crippen LogP contribution is -2.37. The maximum atomic E-state index is 15.6. The van der Waals surface area contributed by atoms with Crippen LogP contribution in [0.15, 0.2) is 47.8 Å². The highest BCUT2D eigenvalue weighted by Crippen LogP contribution is 2.46. The number of nitrogens with zero attached hydrogens (tertiary/aromatic N) is 5. The van der Waals surface area contributed by atoms with Gasteiger partial charge in [-0.1, -0.05) is 13.8 Å². The number of imidazole rings is 1. The van der Waals surface area contributed by atoms with Crippen molar-refractivity contribution in [3.05, 3.63) is 54.0 Å². The lowest BCUT2D eigenvalue weighted by Gasteiger charge is -2.34. The zero-order valence-electron chi connectivity index (χ0n) is 21.2. The van der Waals surface area contributed by atoms with E-state index in [0.717, 1.165) is 12.8 Å². The number of alkyl halides is 1. The molecule has 0 spiro atoms. The summed E-state index contributed by atoms with van der Waals surface area (Å²) in [5, 5.41) is 0. The minimum absolute atomic E-state index is 0.0857.